The number of aliphatic hydroxyl groups excluding tert-OH is 1. The van der Waals surface area contributed by atoms with Gasteiger partial charge in [-0.2, -0.15) is 0 Å². The summed E-state index contributed by atoms with van der Waals surface area (Å²) in [5.74, 6) is -0.361. The van der Waals surface area contributed by atoms with Crippen LogP contribution in [-0.2, 0) is 4.74 Å². The molecule has 0 aromatic heterocycles. The van der Waals surface area contributed by atoms with Gasteiger partial charge in [-0.1, -0.05) is 0 Å². The molecule has 2 fully saturated rings. The Hall–Kier alpha value is -1.90. The molecule has 2 heterocycles. The first-order chi connectivity index (χ1) is 11.6. The lowest BCUT2D eigenvalue weighted by Crippen LogP contribution is -2.48. The number of ether oxygens (including phenoxy) is 1. The Morgan fingerprint density at radius 1 is 1.29 bits per heavy atom. The molecule has 24 heavy (non-hydrogen) atoms. The highest BCUT2D eigenvalue weighted by Crippen LogP contribution is 2.28. The van der Waals surface area contributed by atoms with Gasteiger partial charge in [0.15, 0.2) is 0 Å². The van der Waals surface area contributed by atoms with Crippen LogP contribution in [-0.4, -0.2) is 74.6 Å². The molecule has 7 nitrogen and oxygen atoms in total. The quantitative estimate of drug-likeness (QED) is 0.799. The third-order valence-corrected chi connectivity index (χ3v) is 4.48. The van der Waals surface area contributed by atoms with Crippen LogP contribution in [0.4, 0.5) is 20.6 Å². The van der Waals surface area contributed by atoms with Crippen molar-refractivity contribution in [3.63, 3.8) is 0 Å². The van der Waals surface area contributed by atoms with E-state index in [1.165, 1.54) is 11.0 Å². The summed E-state index contributed by atoms with van der Waals surface area (Å²) in [6.45, 7) is 4.68. The zero-order chi connectivity index (χ0) is 17.1. The lowest BCUT2D eigenvalue weighted by Gasteiger charge is -2.36. The van der Waals surface area contributed by atoms with E-state index in [0.717, 1.165) is 32.7 Å². The number of carbonyl (C=O) groups is 1. The van der Waals surface area contributed by atoms with Crippen LogP contribution in [0, 0.1) is 5.82 Å². The number of nitrogens with zero attached hydrogens (tertiary/aromatic N) is 3. The van der Waals surface area contributed by atoms with Crippen molar-refractivity contribution in [3.05, 3.63) is 24.0 Å². The normalized spacial score (nSPS) is 22.1. The molecule has 3 N–H and O–H groups in total. The van der Waals surface area contributed by atoms with Gasteiger partial charge in [0.05, 0.1) is 24.5 Å². The second-order valence-corrected chi connectivity index (χ2v) is 6.05. The van der Waals surface area contributed by atoms with Crippen molar-refractivity contribution in [1.29, 1.82) is 0 Å². The fraction of sp³-hybridized carbons (Fsp3) is 0.562. The monoisotopic (exact) mass is 338 g/mol. The number of piperazine rings is 1. The van der Waals surface area contributed by atoms with Gasteiger partial charge in [0.25, 0.3) is 0 Å². The molecule has 1 amide bonds. The van der Waals surface area contributed by atoms with Gasteiger partial charge in [0, 0.05) is 39.3 Å². The van der Waals surface area contributed by atoms with E-state index in [9.17, 15) is 9.18 Å². The van der Waals surface area contributed by atoms with E-state index < -0.39 is 12.2 Å². The minimum absolute atomic E-state index is 0.228. The number of benzene rings is 1. The van der Waals surface area contributed by atoms with Gasteiger partial charge < -0.3 is 20.5 Å². The molecular weight excluding hydrogens is 315 g/mol. The summed E-state index contributed by atoms with van der Waals surface area (Å²) in [5, 5.41) is 9.08. The van der Waals surface area contributed by atoms with E-state index >= 15 is 0 Å². The van der Waals surface area contributed by atoms with Gasteiger partial charge >= 0.3 is 6.09 Å². The summed E-state index contributed by atoms with van der Waals surface area (Å²) in [6, 6.07) is 4.76. The lowest BCUT2D eigenvalue weighted by atomic mass is 10.2. The molecule has 0 radical (unpaired) electrons. The number of hydrogen-bond donors (Lipinski definition) is 2. The van der Waals surface area contributed by atoms with E-state index in [1.54, 1.807) is 12.1 Å². The molecule has 1 aromatic carbocycles. The summed E-state index contributed by atoms with van der Waals surface area (Å²) in [4.78, 5) is 17.4. The summed E-state index contributed by atoms with van der Waals surface area (Å²) < 4.78 is 19.5. The Bertz CT molecular complexity index is 593. The zero-order valence-electron chi connectivity index (χ0n) is 13.5. The van der Waals surface area contributed by atoms with Crippen molar-refractivity contribution < 1.29 is 19.0 Å². The van der Waals surface area contributed by atoms with Crippen LogP contribution >= 0.6 is 0 Å². The molecule has 0 spiro atoms. The SMILES string of the molecule is NCCN1CCN(c2ccc(N3CC(CO)OC3=O)cc2F)CC1. The Morgan fingerprint density at radius 3 is 2.62 bits per heavy atom. The smallest absolute Gasteiger partial charge is 0.414 e. The number of carbonyl (C=O) groups excluding carboxylic acids is 1. The molecule has 132 valence electrons. The van der Waals surface area contributed by atoms with Gasteiger partial charge in [-0.3, -0.25) is 9.80 Å². The van der Waals surface area contributed by atoms with Gasteiger partial charge in [-0.15, -0.1) is 0 Å². The number of rotatable bonds is 5. The molecular formula is C16H23FN4O3. The summed E-state index contributed by atoms with van der Waals surface area (Å²) >= 11 is 0. The minimum atomic E-state index is -0.559. The lowest BCUT2D eigenvalue weighted by molar-refractivity contribution is 0.0963. The van der Waals surface area contributed by atoms with Crippen LogP contribution in [0.25, 0.3) is 0 Å². The average molecular weight is 338 g/mol. The minimum Gasteiger partial charge on any atom is -0.441 e. The highest BCUT2D eigenvalue weighted by molar-refractivity contribution is 5.90. The maximum absolute atomic E-state index is 14.5. The molecule has 2 saturated heterocycles. The second kappa shape index (κ2) is 7.33. The van der Waals surface area contributed by atoms with E-state index in [4.69, 9.17) is 15.6 Å². The molecule has 0 bridgehead atoms. The van der Waals surface area contributed by atoms with E-state index in [-0.39, 0.29) is 19.0 Å². The van der Waals surface area contributed by atoms with Gasteiger partial charge in [0.1, 0.15) is 11.9 Å². The summed E-state index contributed by atoms with van der Waals surface area (Å²) in [6.07, 6.45) is -1.12. The number of aliphatic hydroxyl groups is 1. The fourth-order valence-electron chi connectivity index (χ4n) is 3.14. The van der Waals surface area contributed by atoms with Crippen LogP contribution in [0.3, 0.4) is 0 Å². The van der Waals surface area contributed by atoms with Crippen molar-refractivity contribution >= 4 is 17.5 Å². The van der Waals surface area contributed by atoms with E-state index in [0.29, 0.717) is 17.9 Å². The molecule has 8 heteroatoms. The van der Waals surface area contributed by atoms with Crippen LogP contribution < -0.4 is 15.5 Å². The molecule has 2 aliphatic rings. The Morgan fingerprint density at radius 2 is 2.04 bits per heavy atom. The molecule has 1 atom stereocenters. The van der Waals surface area contributed by atoms with Gasteiger partial charge in [0.2, 0.25) is 0 Å². The molecule has 1 unspecified atom stereocenters. The number of anilines is 2. The molecule has 1 aromatic rings. The van der Waals surface area contributed by atoms with Gasteiger partial charge in [-0.25, -0.2) is 9.18 Å². The maximum atomic E-state index is 14.5. The molecule has 2 aliphatic heterocycles. The fourth-order valence-corrected chi connectivity index (χ4v) is 3.14. The number of hydrogen-bond acceptors (Lipinski definition) is 6. The topological polar surface area (TPSA) is 82.3 Å². The predicted octanol–water partition coefficient (Wildman–Crippen LogP) is 0.224. The Kier molecular flexibility index (Phi) is 5.17. The number of halogens is 1. The third-order valence-electron chi connectivity index (χ3n) is 4.48. The van der Waals surface area contributed by atoms with Crippen molar-refractivity contribution in [2.75, 3.05) is 62.2 Å². The van der Waals surface area contributed by atoms with Crippen LogP contribution in [0.1, 0.15) is 0 Å². The number of cyclic esters (lactones) is 1. The predicted molar refractivity (Wildman–Crippen MR) is 88.8 cm³/mol. The summed E-state index contributed by atoms with van der Waals surface area (Å²) in [5.41, 5.74) is 6.55. The Balaban J connectivity index is 1.68. The second-order valence-electron chi connectivity index (χ2n) is 6.05. The zero-order valence-corrected chi connectivity index (χ0v) is 13.5. The maximum Gasteiger partial charge on any atom is 0.414 e. The van der Waals surface area contributed by atoms with Gasteiger partial charge in [-0.05, 0) is 18.2 Å². The highest BCUT2D eigenvalue weighted by Gasteiger charge is 2.32. The number of amides is 1. The van der Waals surface area contributed by atoms with Crippen molar-refractivity contribution in [2.45, 2.75) is 6.10 Å². The highest BCUT2D eigenvalue weighted by atomic mass is 19.1. The first-order valence-corrected chi connectivity index (χ1v) is 8.18. The third kappa shape index (κ3) is 3.45. The van der Waals surface area contributed by atoms with Crippen molar-refractivity contribution in [3.8, 4) is 0 Å². The summed E-state index contributed by atoms with van der Waals surface area (Å²) in [7, 11) is 0. The first-order valence-electron chi connectivity index (χ1n) is 8.18. The van der Waals surface area contributed by atoms with Crippen molar-refractivity contribution in [1.82, 2.24) is 4.90 Å². The molecule has 3 rings (SSSR count). The average Bonchev–Trinajstić information content (AvgIpc) is 2.97. The largest absolute Gasteiger partial charge is 0.441 e. The van der Waals surface area contributed by atoms with Crippen LogP contribution in [0.2, 0.25) is 0 Å². The molecule has 0 aliphatic carbocycles. The van der Waals surface area contributed by atoms with E-state index in [1.807, 2.05) is 4.90 Å². The van der Waals surface area contributed by atoms with Crippen LogP contribution in [0.15, 0.2) is 18.2 Å². The van der Waals surface area contributed by atoms with E-state index in [2.05, 4.69) is 4.90 Å². The Labute approximate surface area is 140 Å². The van der Waals surface area contributed by atoms with Crippen LogP contribution in [0.5, 0.6) is 0 Å². The standard InChI is InChI=1S/C16H23FN4O3/c17-14-9-12(21-10-13(11-22)24-16(21)23)1-2-15(14)20-7-5-19(4-3-18)6-8-20/h1-2,9,13,22H,3-8,10-11,18H2. The number of nitrogens with two attached hydrogens (primary N) is 1. The van der Waals surface area contributed by atoms with Crippen molar-refractivity contribution in [2.24, 2.45) is 5.73 Å². The molecule has 0 saturated carbocycles. The first kappa shape index (κ1) is 16.9.